The number of unbranched alkanes of at least 4 members (excludes halogenated alkanes) is 1. The zero-order valence-electron chi connectivity index (χ0n) is 5.85. The van der Waals surface area contributed by atoms with Gasteiger partial charge in [-0.3, -0.25) is 0 Å². The molecule has 0 spiro atoms. The van der Waals surface area contributed by atoms with Crippen LogP contribution in [0.4, 0.5) is 0 Å². The molecule has 0 aliphatic heterocycles. The minimum Gasteiger partial charge on any atom is -0.514 e. The third kappa shape index (κ3) is 12.3. The summed E-state index contributed by atoms with van der Waals surface area (Å²) in [7, 11) is 0. The predicted octanol–water partition coefficient (Wildman–Crippen LogP) is -1.36. The maximum atomic E-state index is 4.83. The van der Waals surface area contributed by atoms with E-state index in [0.717, 1.165) is 12.8 Å². The molecule has 0 unspecified atom stereocenters. The molecule has 0 rings (SSSR count). The largest absolute Gasteiger partial charge is 1.00 e. The van der Waals surface area contributed by atoms with Gasteiger partial charge in [-0.2, -0.15) is 0 Å². The fourth-order valence-electron chi connectivity index (χ4n) is 0.300. The van der Waals surface area contributed by atoms with Crippen LogP contribution in [0.3, 0.4) is 0 Å². The van der Waals surface area contributed by atoms with E-state index in [1.165, 1.54) is 0 Å². The molecule has 0 amide bonds. The van der Waals surface area contributed by atoms with Crippen molar-refractivity contribution in [1.82, 2.24) is 0 Å². The summed E-state index contributed by atoms with van der Waals surface area (Å²) in [5, 5.41) is 0. The Morgan fingerprint density at radius 3 is 2.56 bits per heavy atom. The molecular weight excluding hydrogens is 163 g/mol. The summed E-state index contributed by atoms with van der Waals surface area (Å²) in [6.45, 7) is 2.77. The van der Waals surface area contributed by atoms with E-state index in [1.807, 2.05) is 0 Å². The summed E-state index contributed by atoms with van der Waals surface area (Å²) in [5.74, 6) is 0. The van der Waals surface area contributed by atoms with Crippen LogP contribution in [0.15, 0.2) is 0 Å². The Hall–Kier alpha value is 1.11. The summed E-state index contributed by atoms with van der Waals surface area (Å²) in [5.41, 5.74) is 0. The number of hydrogen-bond donors (Lipinski definition) is 0. The maximum Gasteiger partial charge on any atom is 1.00 e. The van der Waals surface area contributed by atoms with E-state index in [9.17, 15) is 0 Å². The summed E-state index contributed by atoms with van der Waals surface area (Å²) >= 11 is 9.00. The molecule has 0 aromatic rings. The Balaban J connectivity index is 0. The van der Waals surface area contributed by atoms with Crippen molar-refractivity contribution in [3.8, 4) is 0 Å². The van der Waals surface area contributed by atoms with E-state index in [2.05, 4.69) is 31.8 Å². The first-order valence-corrected chi connectivity index (χ1v) is 3.42. The Labute approximate surface area is 89.2 Å². The summed E-state index contributed by atoms with van der Waals surface area (Å²) < 4.78 is 5.06. The van der Waals surface area contributed by atoms with Gasteiger partial charge >= 0.3 is 29.6 Å². The van der Waals surface area contributed by atoms with E-state index in [1.54, 1.807) is 0 Å². The van der Waals surface area contributed by atoms with E-state index in [0.29, 0.717) is 6.61 Å². The van der Waals surface area contributed by atoms with Gasteiger partial charge in [-0.1, -0.05) is 13.3 Å². The molecule has 0 aliphatic carbocycles. The average Bonchev–Trinajstić information content (AvgIpc) is 1.66. The predicted molar refractivity (Wildman–Crippen MR) is 40.8 cm³/mol. The molecule has 0 bridgehead atoms. The zero-order valence-corrected chi connectivity index (χ0v) is 9.48. The van der Waals surface area contributed by atoms with Crippen molar-refractivity contribution < 1.29 is 34.3 Å². The molecule has 0 saturated carbocycles. The van der Waals surface area contributed by atoms with E-state index >= 15 is 0 Å². The van der Waals surface area contributed by atoms with Gasteiger partial charge in [0.25, 0.3) is 0 Å². The van der Waals surface area contributed by atoms with Gasteiger partial charge in [-0.15, -0.1) is 0 Å². The van der Waals surface area contributed by atoms with Gasteiger partial charge in [-0.05, 0) is 6.42 Å². The molecule has 48 valence electrons. The van der Waals surface area contributed by atoms with Gasteiger partial charge in [0.1, 0.15) is 0 Å². The van der Waals surface area contributed by atoms with Gasteiger partial charge in [0, 0.05) is 4.38 Å². The van der Waals surface area contributed by atoms with Crippen LogP contribution in [0.25, 0.3) is 0 Å². The second-order valence-corrected chi connectivity index (χ2v) is 2.45. The Morgan fingerprint density at radius 1 is 1.67 bits per heavy atom. The van der Waals surface area contributed by atoms with Crippen molar-refractivity contribution in [3.05, 3.63) is 0 Å². The van der Waals surface area contributed by atoms with Crippen LogP contribution < -0.4 is 29.6 Å². The van der Waals surface area contributed by atoms with Crippen molar-refractivity contribution in [3.63, 3.8) is 0 Å². The molecule has 0 aromatic heterocycles. The minimum atomic E-state index is 0. The van der Waals surface area contributed by atoms with Gasteiger partial charge in [0.15, 0.2) is 0 Å². The second kappa shape index (κ2) is 9.11. The second-order valence-electron chi connectivity index (χ2n) is 1.45. The first-order valence-electron chi connectivity index (χ1n) is 2.61. The van der Waals surface area contributed by atoms with E-state index < -0.39 is 0 Å². The smallest absolute Gasteiger partial charge is 0.514 e. The van der Waals surface area contributed by atoms with Crippen LogP contribution in [-0.2, 0) is 17.4 Å². The number of hydrogen-bond acceptors (Lipinski definition) is 3. The van der Waals surface area contributed by atoms with Gasteiger partial charge in [0.2, 0.25) is 0 Å². The molecule has 4 heteroatoms. The van der Waals surface area contributed by atoms with Crippen LogP contribution in [-0.4, -0.2) is 11.0 Å². The van der Waals surface area contributed by atoms with Crippen LogP contribution >= 0.6 is 12.2 Å². The number of ether oxygens (including phenoxy) is 1. The molecule has 0 aliphatic rings. The van der Waals surface area contributed by atoms with Crippen LogP contribution in [0.2, 0.25) is 0 Å². The third-order valence-electron chi connectivity index (χ3n) is 0.718. The van der Waals surface area contributed by atoms with E-state index in [-0.39, 0.29) is 33.9 Å². The first-order chi connectivity index (χ1) is 3.77. The zero-order chi connectivity index (χ0) is 6.41. The molecule has 0 fully saturated rings. The molecule has 0 saturated heterocycles. The quantitative estimate of drug-likeness (QED) is 0.225. The third-order valence-corrected chi connectivity index (χ3v) is 0.954. The van der Waals surface area contributed by atoms with Crippen molar-refractivity contribution in [1.29, 1.82) is 0 Å². The molecule has 0 aromatic carbocycles. The molecule has 0 N–H and O–H groups in total. The first kappa shape index (κ1) is 12.8. The SMILES string of the molecule is CCCCOC(=S)[S-].[Na+]. The molecule has 1 nitrogen and oxygen atoms in total. The topological polar surface area (TPSA) is 9.23 Å². The van der Waals surface area contributed by atoms with Gasteiger partial charge < -0.3 is 29.6 Å². The molecule has 0 radical (unpaired) electrons. The Morgan fingerprint density at radius 2 is 2.22 bits per heavy atom. The van der Waals surface area contributed by atoms with Crippen LogP contribution in [0.1, 0.15) is 19.8 Å². The van der Waals surface area contributed by atoms with Crippen molar-refractivity contribution in [2.45, 2.75) is 19.8 Å². The van der Waals surface area contributed by atoms with E-state index in [4.69, 9.17) is 4.74 Å². The van der Waals surface area contributed by atoms with Crippen LogP contribution in [0, 0.1) is 0 Å². The van der Waals surface area contributed by atoms with Crippen molar-refractivity contribution in [2.24, 2.45) is 0 Å². The fraction of sp³-hybridized carbons (Fsp3) is 0.800. The maximum absolute atomic E-state index is 4.83. The summed E-state index contributed by atoms with van der Waals surface area (Å²) in [6, 6.07) is 0. The molecule has 9 heavy (non-hydrogen) atoms. The van der Waals surface area contributed by atoms with Gasteiger partial charge in [-0.25, -0.2) is 0 Å². The summed E-state index contributed by atoms with van der Waals surface area (Å²) in [6.07, 6.45) is 2.16. The summed E-state index contributed by atoms with van der Waals surface area (Å²) in [4.78, 5) is 0. The minimum absolute atomic E-state index is 0. The fourth-order valence-corrected chi connectivity index (χ4v) is 0.467. The monoisotopic (exact) mass is 172 g/mol. The van der Waals surface area contributed by atoms with Crippen molar-refractivity contribution >= 4 is 29.2 Å². The van der Waals surface area contributed by atoms with Crippen LogP contribution in [0.5, 0.6) is 0 Å². The standard InChI is InChI=1S/C5H10OS2.Na/c1-2-3-4-6-5(7)8;/h2-4H2,1H3,(H,7,8);/q;+1/p-1. The number of thiocarbonyl (C=S) groups is 1. The Kier molecular flexibility index (Phi) is 12.9. The van der Waals surface area contributed by atoms with Crippen molar-refractivity contribution in [2.75, 3.05) is 6.61 Å². The normalized spacial score (nSPS) is 7.67. The number of rotatable bonds is 3. The molecular formula is C5H9NaOS2. The average molecular weight is 172 g/mol. The van der Waals surface area contributed by atoms with Gasteiger partial charge in [0.05, 0.1) is 6.61 Å². The Bertz CT molecular complexity index is 77.4. The molecule has 0 atom stereocenters. The molecule has 0 heterocycles.